The van der Waals surface area contributed by atoms with Gasteiger partial charge in [-0.15, -0.1) is 0 Å². The number of halogens is 2. The first kappa shape index (κ1) is 6.29. The average molecular weight is 239 g/mol. The van der Waals surface area contributed by atoms with Crippen molar-refractivity contribution in [2.45, 2.75) is 0 Å². The van der Waals surface area contributed by atoms with Gasteiger partial charge in [0.05, 0.1) is 5.02 Å². The fourth-order valence-electron chi connectivity index (χ4n) is 0.358. The molecule has 1 aromatic heterocycles. The molecule has 1 heterocycles. The van der Waals surface area contributed by atoms with Crippen LogP contribution in [0.25, 0.3) is 0 Å². The van der Waals surface area contributed by atoms with Gasteiger partial charge in [0, 0.05) is 16.0 Å². The highest BCUT2D eigenvalue weighted by Gasteiger charge is 1.89. The van der Waals surface area contributed by atoms with Crippen LogP contribution in [0.5, 0.6) is 0 Å². The normalized spacial score (nSPS) is 9.25. The lowest BCUT2D eigenvalue weighted by atomic mass is 10.5. The van der Waals surface area contributed by atoms with E-state index >= 15 is 0 Å². The third-order valence-electron chi connectivity index (χ3n) is 0.723. The molecule has 0 radical (unpaired) electrons. The van der Waals surface area contributed by atoms with Crippen LogP contribution >= 0.6 is 34.2 Å². The number of rotatable bonds is 0. The average Bonchev–Trinajstić information content (AvgIpc) is 1.77. The van der Waals surface area contributed by atoms with E-state index in [-0.39, 0.29) is 0 Å². The molecule has 0 atom stereocenters. The number of aromatic nitrogens is 1. The summed E-state index contributed by atoms with van der Waals surface area (Å²) in [6.45, 7) is 0. The largest absolute Gasteiger partial charge is 0.264 e. The Morgan fingerprint density at radius 2 is 2.38 bits per heavy atom. The molecule has 0 aliphatic carbocycles. The Hall–Kier alpha value is 0.170. The minimum atomic E-state index is 0.764. The zero-order chi connectivity index (χ0) is 5.98. The summed E-state index contributed by atoms with van der Waals surface area (Å²) >= 11 is 7.79. The predicted octanol–water partition coefficient (Wildman–Crippen LogP) is 2.34. The number of hydrogen-bond acceptors (Lipinski definition) is 1. The molecular formula is C5H3ClIN. The second-order valence-corrected chi connectivity index (χ2v) is 2.86. The third kappa shape index (κ3) is 1.32. The number of nitrogens with zero attached hydrogens (tertiary/aromatic N) is 1. The van der Waals surface area contributed by atoms with Crippen molar-refractivity contribution in [3.05, 3.63) is 27.1 Å². The van der Waals surface area contributed by atoms with Crippen LogP contribution in [0.1, 0.15) is 0 Å². The molecule has 0 saturated heterocycles. The molecule has 1 rings (SSSR count). The summed E-state index contributed by atoms with van der Waals surface area (Å²) in [6.07, 6.45) is 3.40. The topological polar surface area (TPSA) is 12.9 Å². The maximum atomic E-state index is 5.66. The smallest absolute Gasteiger partial charge is 0.0570 e. The van der Waals surface area contributed by atoms with Crippen LogP contribution in [0.2, 0.25) is 5.02 Å². The van der Waals surface area contributed by atoms with Crippen molar-refractivity contribution in [1.29, 1.82) is 0 Å². The first-order valence-corrected chi connectivity index (χ1v) is 3.51. The summed E-state index contributed by atoms with van der Waals surface area (Å²) in [7, 11) is 0. The molecule has 0 aliphatic rings. The third-order valence-corrected chi connectivity index (χ3v) is 2.23. The molecular weight excluding hydrogens is 236 g/mol. The molecule has 0 unspecified atom stereocenters. The number of hydrogen-bond donors (Lipinski definition) is 0. The molecule has 0 aliphatic heterocycles. The number of pyridine rings is 1. The zero-order valence-corrected chi connectivity index (χ0v) is 6.85. The van der Waals surface area contributed by atoms with Gasteiger partial charge in [-0.2, -0.15) is 0 Å². The fourth-order valence-corrected chi connectivity index (χ4v) is 0.804. The Balaban J connectivity index is 3.13. The molecule has 42 valence electrons. The molecule has 0 fully saturated rings. The molecule has 0 spiro atoms. The summed E-state index contributed by atoms with van der Waals surface area (Å²) in [5, 5.41) is 0.764. The van der Waals surface area contributed by atoms with E-state index in [9.17, 15) is 0 Å². The molecule has 1 nitrogen and oxygen atoms in total. The van der Waals surface area contributed by atoms with Crippen LogP contribution in [0.4, 0.5) is 0 Å². The van der Waals surface area contributed by atoms with Crippen LogP contribution in [-0.2, 0) is 0 Å². The Kier molecular flexibility index (Phi) is 2.08. The van der Waals surface area contributed by atoms with Gasteiger partial charge in [-0.1, -0.05) is 11.6 Å². The van der Waals surface area contributed by atoms with Gasteiger partial charge in [0.1, 0.15) is 0 Å². The summed E-state index contributed by atoms with van der Waals surface area (Å²) < 4.78 is 0.992. The van der Waals surface area contributed by atoms with Gasteiger partial charge in [0.25, 0.3) is 0 Å². The van der Waals surface area contributed by atoms with E-state index in [0.717, 1.165) is 8.59 Å². The van der Waals surface area contributed by atoms with Gasteiger partial charge in [-0.05, 0) is 28.7 Å². The van der Waals surface area contributed by atoms with Crippen molar-refractivity contribution in [2.75, 3.05) is 0 Å². The Labute approximate surface area is 66.2 Å². The summed E-state index contributed by atoms with van der Waals surface area (Å²) in [5.41, 5.74) is 0. The molecule has 0 bridgehead atoms. The van der Waals surface area contributed by atoms with Crippen molar-refractivity contribution in [3.63, 3.8) is 0 Å². The van der Waals surface area contributed by atoms with Gasteiger partial charge in [-0.3, -0.25) is 4.98 Å². The standard InChI is InChI=1S/C5H3ClIN/c6-4-1-2-8-3-5(4)7/h1-3H. The van der Waals surface area contributed by atoms with Crippen LogP contribution in [-0.4, -0.2) is 4.98 Å². The van der Waals surface area contributed by atoms with E-state index in [0.29, 0.717) is 0 Å². The monoisotopic (exact) mass is 239 g/mol. The van der Waals surface area contributed by atoms with Crippen LogP contribution in [0, 0.1) is 3.57 Å². The lowest BCUT2D eigenvalue weighted by Gasteiger charge is -1.88. The second-order valence-electron chi connectivity index (χ2n) is 1.29. The SMILES string of the molecule is Clc1ccncc1I. The van der Waals surface area contributed by atoms with Crippen LogP contribution in [0.15, 0.2) is 18.5 Å². The first-order valence-electron chi connectivity index (χ1n) is 2.06. The molecule has 1 aromatic rings. The highest BCUT2D eigenvalue weighted by Crippen LogP contribution is 2.14. The minimum Gasteiger partial charge on any atom is -0.264 e. The van der Waals surface area contributed by atoms with Crippen LogP contribution < -0.4 is 0 Å². The van der Waals surface area contributed by atoms with Gasteiger partial charge in [-0.25, -0.2) is 0 Å². The molecule has 0 amide bonds. The van der Waals surface area contributed by atoms with Crippen molar-refractivity contribution in [2.24, 2.45) is 0 Å². The summed E-state index contributed by atoms with van der Waals surface area (Å²) in [5.74, 6) is 0. The van der Waals surface area contributed by atoms with E-state index in [2.05, 4.69) is 27.6 Å². The zero-order valence-electron chi connectivity index (χ0n) is 3.94. The molecule has 0 N–H and O–H groups in total. The van der Waals surface area contributed by atoms with Gasteiger partial charge in [0.15, 0.2) is 0 Å². The fraction of sp³-hybridized carbons (Fsp3) is 0. The van der Waals surface area contributed by atoms with E-state index in [4.69, 9.17) is 11.6 Å². The Morgan fingerprint density at radius 1 is 1.62 bits per heavy atom. The highest BCUT2D eigenvalue weighted by molar-refractivity contribution is 14.1. The highest BCUT2D eigenvalue weighted by atomic mass is 127. The van der Waals surface area contributed by atoms with Crippen molar-refractivity contribution < 1.29 is 0 Å². The lowest BCUT2D eigenvalue weighted by molar-refractivity contribution is 1.31. The quantitative estimate of drug-likeness (QED) is 0.633. The first-order chi connectivity index (χ1) is 3.80. The molecule has 0 saturated carbocycles. The maximum Gasteiger partial charge on any atom is 0.0570 e. The van der Waals surface area contributed by atoms with Gasteiger partial charge < -0.3 is 0 Å². The molecule has 8 heavy (non-hydrogen) atoms. The van der Waals surface area contributed by atoms with E-state index in [1.807, 2.05) is 0 Å². The molecule has 3 heteroatoms. The maximum absolute atomic E-state index is 5.66. The van der Waals surface area contributed by atoms with Crippen molar-refractivity contribution in [3.8, 4) is 0 Å². The van der Waals surface area contributed by atoms with Gasteiger partial charge >= 0.3 is 0 Å². The van der Waals surface area contributed by atoms with E-state index in [1.54, 1.807) is 18.5 Å². The minimum absolute atomic E-state index is 0.764. The molecule has 0 aromatic carbocycles. The van der Waals surface area contributed by atoms with Gasteiger partial charge in [0.2, 0.25) is 0 Å². The van der Waals surface area contributed by atoms with Crippen LogP contribution in [0.3, 0.4) is 0 Å². The second kappa shape index (κ2) is 2.64. The Bertz CT molecular complexity index is 169. The van der Waals surface area contributed by atoms with Crippen molar-refractivity contribution >= 4 is 34.2 Å². The Morgan fingerprint density at radius 3 is 2.75 bits per heavy atom. The van der Waals surface area contributed by atoms with E-state index in [1.165, 1.54) is 0 Å². The van der Waals surface area contributed by atoms with Crippen molar-refractivity contribution in [1.82, 2.24) is 4.98 Å². The predicted molar refractivity (Wildman–Crippen MR) is 42.0 cm³/mol. The lowest BCUT2D eigenvalue weighted by Crippen LogP contribution is -1.73. The van der Waals surface area contributed by atoms with E-state index < -0.39 is 0 Å². The summed E-state index contributed by atoms with van der Waals surface area (Å²) in [6, 6.07) is 1.77. The summed E-state index contributed by atoms with van der Waals surface area (Å²) in [4.78, 5) is 3.85.